The molecular formula is C30H56N4O7. The molecule has 5 N–H and O–H groups in total. The van der Waals surface area contributed by atoms with Crippen LogP contribution in [0, 0.1) is 0 Å². The second-order valence-corrected chi connectivity index (χ2v) is 12.4. The van der Waals surface area contributed by atoms with E-state index in [1.54, 1.807) is 41.5 Å². The number of amides is 3. The van der Waals surface area contributed by atoms with Gasteiger partial charge in [0.05, 0.1) is 6.04 Å². The molecule has 0 aromatic carbocycles. The number of hydrogen-bond donors (Lipinski definition) is 4. The number of hydrogen-bond acceptors (Lipinski definition) is 8. The molecule has 11 heteroatoms. The number of carbonyl (C=O) groups excluding carboxylic acids is 5. The molecule has 0 aromatic rings. The average Bonchev–Trinajstić information content (AvgIpc) is 2.84. The first-order valence-electron chi connectivity index (χ1n) is 15.1. The van der Waals surface area contributed by atoms with Gasteiger partial charge in [0.1, 0.15) is 17.2 Å². The molecule has 0 saturated carbocycles. The standard InChI is InChI=1S/C30H56N4O7/c1-8-9-10-13-20-32-24(35)18-16-22(31)27(38)33-21-14-11-12-15-25(36)34-23(28(39)41-30(5,6)7)17-19-26(37)40-29(2,3)4/h22-23H,8-21,31H2,1-7H3,(H,32,35)(H,33,38)(H,34,36). The summed E-state index contributed by atoms with van der Waals surface area (Å²) in [5, 5.41) is 8.31. The summed E-state index contributed by atoms with van der Waals surface area (Å²) in [6, 6.07) is -1.71. The summed E-state index contributed by atoms with van der Waals surface area (Å²) in [5.41, 5.74) is 4.53. The van der Waals surface area contributed by atoms with Crippen molar-refractivity contribution in [2.45, 2.75) is 149 Å². The summed E-state index contributed by atoms with van der Waals surface area (Å²) >= 11 is 0. The van der Waals surface area contributed by atoms with Gasteiger partial charge in [-0.05, 0) is 73.6 Å². The van der Waals surface area contributed by atoms with Gasteiger partial charge in [0.2, 0.25) is 17.7 Å². The average molecular weight is 585 g/mol. The van der Waals surface area contributed by atoms with E-state index in [0.717, 1.165) is 25.7 Å². The van der Waals surface area contributed by atoms with Gasteiger partial charge >= 0.3 is 11.9 Å². The monoisotopic (exact) mass is 584 g/mol. The van der Waals surface area contributed by atoms with Crippen molar-refractivity contribution in [3.63, 3.8) is 0 Å². The molecule has 0 aliphatic rings. The van der Waals surface area contributed by atoms with E-state index < -0.39 is 35.2 Å². The van der Waals surface area contributed by atoms with Crippen molar-refractivity contribution in [3.8, 4) is 0 Å². The van der Waals surface area contributed by atoms with E-state index in [4.69, 9.17) is 15.2 Å². The number of ether oxygens (including phenoxy) is 2. The molecule has 0 radical (unpaired) electrons. The van der Waals surface area contributed by atoms with Gasteiger partial charge in [-0.2, -0.15) is 0 Å². The summed E-state index contributed by atoms with van der Waals surface area (Å²) in [4.78, 5) is 61.3. The number of esters is 2. The predicted molar refractivity (Wildman–Crippen MR) is 159 cm³/mol. The second-order valence-electron chi connectivity index (χ2n) is 12.4. The van der Waals surface area contributed by atoms with E-state index >= 15 is 0 Å². The molecule has 41 heavy (non-hydrogen) atoms. The van der Waals surface area contributed by atoms with Gasteiger partial charge in [-0.15, -0.1) is 0 Å². The third-order valence-corrected chi connectivity index (χ3v) is 5.84. The van der Waals surface area contributed by atoms with Crippen molar-refractivity contribution < 1.29 is 33.4 Å². The van der Waals surface area contributed by atoms with Crippen LogP contribution in [-0.4, -0.2) is 66.0 Å². The lowest BCUT2D eigenvalue weighted by Crippen LogP contribution is -2.44. The summed E-state index contributed by atoms with van der Waals surface area (Å²) in [7, 11) is 0. The van der Waals surface area contributed by atoms with E-state index in [1.165, 1.54) is 0 Å². The van der Waals surface area contributed by atoms with Crippen LogP contribution in [0.3, 0.4) is 0 Å². The zero-order valence-corrected chi connectivity index (χ0v) is 26.5. The minimum atomic E-state index is -0.960. The molecule has 238 valence electrons. The van der Waals surface area contributed by atoms with Crippen molar-refractivity contribution in [2.75, 3.05) is 13.1 Å². The normalized spacial score (nSPS) is 13.1. The molecular weight excluding hydrogens is 528 g/mol. The highest BCUT2D eigenvalue weighted by Gasteiger charge is 2.28. The summed E-state index contributed by atoms with van der Waals surface area (Å²) in [6.45, 7) is 13.7. The van der Waals surface area contributed by atoms with Crippen LogP contribution < -0.4 is 21.7 Å². The molecule has 3 amide bonds. The number of carbonyl (C=O) groups is 5. The van der Waals surface area contributed by atoms with Crippen molar-refractivity contribution in [1.29, 1.82) is 0 Å². The SMILES string of the molecule is CCCCCCNC(=O)CCC(N)C(=O)NCCCCCC(=O)NC(CCC(=O)OC(C)(C)C)C(=O)OC(C)(C)C. The van der Waals surface area contributed by atoms with Crippen LogP contribution >= 0.6 is 0 Å². The molecule has 0 aliphatic heterocycles. The summed E-state index contributed by atoms with van der Waals surface area (Å²) in [5.74, 6) is -1.77. The molecule has 0 rings (SSSR count). The molecule has 0 saturated heterocycles. The summed E-state index contributed by atoms with van der Waals surface area (Å²) < 4.78 is 10.7. The zero-order valence-electron chi connectivity index (χ0n) is 26.5. The Labute approximate surface area is 246 Å². The molecule has 0 spiro atoms. The third-order valence-electron chi connectivity index (χ3n) is 5.84. The van der Waals surface area contributed by atoms with Crippen LogP contribution in [0.1, 0.15) is 126 Å². The van der Waals surface area contributed by atoms with Crippen molar-refractivity contribution in [1.82, 2.24) is 16.0 Å². The Hall–Kier alpha value is -2.69. The molecule has 0 heterocycles. The third kappa shape index (κ3) is 22.7. The largest absolute Gasteiger partial charge is 0.460 e. The van der Waals surface area contributed by atoms with Gasteiger partial charge < -0.3 is 31.2 Å². The maximum atomic E-state index is 12.6. The Morgan fingerprint density at radius 3 is 1.85 bits per heavy atom. The van der Waals surface area contributed by atoms with Gasteiger partial charge in [0.25, 0.3) is 0 Å². The summed E-state index contributed by atoms with van der Waals surface area (Å²) in [6.07, 6.45) is 6.93. The van der Waals surface area contributed by atoms with Crippen LogP contribution in [0.25, 0.3) is 0 Å². The topological polar surface area (TPSA) is 166 Å². The molecule has 0 fully saturated rings. The minimum absolute atomic E-state index is 0.0347. The first-order valence-corrected chi connectivity index (χ1v) is 15.1. The van der Waals surface area contributed by atoms with Crippen LogP contribution in [0.2, 0.25) is 0 Å². The van der Waals surface area contributed by atoms with Gasteiger partial charge in [-0.1, -0.05) is 32.6 Å². The van der Waals surface area contributed by atoms with E-state index in [9.17, 15) is 24.0 Å². The highest BCUT2D eigenvalue weighted by Crippen LogP contribution is 2.14. The molecule has 0 bridgehead atoms. The molecule has 11 nitrogen and oxygen atoms in total. The molecule has 0 aromatic heterocycles. The maximum absolute atomic E-state index is 12.6. The fraction of sp³-hybridized carbons (Fsp3) is 0.833. The lowest BCUT2D eigenvalue weighted by molar-refractivity contribution is -0.160. The lowest BCUT2D eigenvalue weighted by Gasteiger charge is -2.25. The zero-order chi connectivity index (χ0) is 31.5. The minimum Gasteiger partial charge on any atom is -0.460 e. The van der Waals surface area contributed by atoms with E-state index in [2.05, 4.69) is 22.9 Å². The smallest absolute Gasteiger partial charge is 0.329 e. The Bertz CT molecular complexity index is 819. The first kappa shape index (κ1) is 38.3. The van der Waals surface area contributed by atoms with E-state index in [1.807, 2.05) is 0 Å². The molecule has 0 aliphatic carbocycles. The van der Waals surface area contributed by atoms with E-state index in [0.29, 0.717) is 32.4 Å². The maximum Gasteiger partial charge on any atom is 0.329 e. The molecule has 2 unspecified atom stereocenters. The predicted octanol–water partition coefficient (Wildman–Crippen LogP) is 3.42. The highest BCUT2D eigenvalue weighted by molar-refractivity contribution is 5.85. The Morgan fingerprint density at radius 2 is 1.27 bits per heavy atom. The van der Waals surface area contributed by atoms with Gasteiger partial charge in [0, 0.05) is 32.4 Å². The van der Waals surface area contributed by atoms with Crippen LogP contribution in [0.4, 0.5) is 0 Å². The molecule has 2 atom stereocenters. The van der Waals surface area contributed by atoms with Gasteiger partial charge in [0.15, 0.2) is 0 Å². The Morgan fingerprint density at radius 1 is 0.683 bits per heavy atom. The second kappa shape index (κ2) is 20.2. The van der Waals surface area contributed by atoms with Crippen LogP contribution in [-0.2, 0) is 33.4 Å². The fourth-order valence-corrected chi connectivity index (χ4v) is 3.76. The fourth-order valence-electron chi connectivity index (χ4n) is 3.76. The lowest BCUT2D eigenvalue weighted by atomic mass is 10.1. The Balaban J connectivity index is 4.34. The van der Waals surface area contributed by atoms with Crippen LogP contribution in [0.5, 0.6) is 0 Å². The number of nitrogens with two attached hydrogens (primary N) is 1. The quantitative estimate of drug-likeness (QED) is 0.125. The van der Waals surface area contributed by atoms with Crippen molar-refractivity contribution in [2.24, 2.45) is 5.73 Å². The number of rotatable bonds is 20. The number of nitrogens with one attached hydrogen (secondary N) is 3. The number of unbranched alkanes of at least 4 members (excludes halogenated alkanes) is 5. The van der Waals surface area contributed by atoms with Gasteiger partial charge in [-0.25, -0.2) is 4.79 Å². The highest BCUT2D eigenvalue weighted by atomic mass is 16.6. The van der Waals surface area contributed by atoms with Crippen LogP contribution in [0.15, 0.2) is 0 Å². The van der Waals surface area contributed by atoms with E-state index in [-0.39, 0.29) is 49.8 Å². The Kier molecular flexibility index (Phi) is 18.9. The first-order chi connectivity index (χ1) is 19.0. The van der Waals surface area contributed by atoms with Gasteiger partial charge in [-0.3, -0.25) is 19.2 Å². The van der Waals surface area contributed by atoms with Crippen molar-refractivity contribution >= 4 is 29.7 Å². The van der Waals surface area contributed by atoms with Crippen molar-refractivity contribution in [3.05, 3.63) is 0 Å².